The van der Waals surface area contributed by atoms with Gasteiger partial charge in [-0.15, -0.1) is 13.2 Å². The standard InChI is InChI=1S/2C3H7O.Ca/c2*1-2-3-4;/h2*2-3H2,1H3;/q2*-1;+2. The minimum atomic E-state index is 0. The molecule has 0 aromatic carbocycles. The number of hydrogen-bond acceptors (Lipinski definition) is 2. The molecular weight excluding hydrogens is 144 g/mol. The molecule has 2 nitrogen and oxygen atoms in total. The van der Waals surface area contributed by atoms with Gasteiger partial charge in [-0.1, -0.05) is 26.7 Å². The van der Waals surface area contributed by atoms with Crippen molar-refractivity contribution in [1.29, 1.82) is 0 Å². The van der Waals surface area contributed by atoms with Crippen LogP contribution in [0.4, 0.5) is 0 Å². The van der Waals surface area contributed by atoms with E-state index in [9.17, 15) is 10.2 Å². The summed E-state index contributed by atoms with van der Waals surface area (Å²) in [5, 5.41) is 18.6. The molecule has 0 heterocycles. The SMILES string of the molecule is CCC[O-].CCC[O-].[Ca+2]. The van der Waals surface area contributed by atoms with Crippen LogP contribution in [0.15, 0.2) is 0 Å². The average molecular weight is 158 g/mol. The molecule has 0 radical (unpaired) electrons. The van der Waals surface area contributed by atoms with Gasteiger partial charge < -0.3 is 10.2 Å². The number of hydrogen-bond donors (Lipinski definition) is 0. The minimum Gasteiger partial charge on any atom is -0.854 e. The molecule has 9 heavy (non-hydrogen) atoms. The maximum absolute atomic E-state index is 9.30. The van der Waals surface area contributed by atoms with Crippen molar-refractivity contribution in [3.8, 4) is 0 Å². The van der Waals surface area contributed by atoms with Crippen molar-refractivity contribution >= 4 is 37.7 Å². The third-order valence-corrected chi connectivity index (χ3v) is 0.408. The van der Waals surface area contributed by atoms with Crippen molar-refractivity contribution in [2.75, 3.05) is 13.2 Å². The zero-order chi connectivity index (χ0) is 6.83. The summed E-state index contributed by atoms with van der Waals surface area (Å²) >= 11 is 0. The second kappa shape index (κ2) is 22.9. The molecule has 0 aromatic heterocycles. The van der Waals surface area contributed by atoms with Crippen LogP contribution < -0.4 is 10.2 Å². The first-order chi connectivity index (χ1) is 3.83. The molecule has 0 saturated heterocycles. The molecule has 0 bridgehead atoms. The summed E-state index contributed by atoms with van der Waals surface area (Å²) in [6.45, 7) is 3.88. The monoisotopic (exact) mass is 158 g/mol. The van der Waals surface area contributed by atoms with Crippen LogP contribution in [0.2, 0.25) is 0 Å². The summed E-state index contributed by atoms with van der Waals surface area (Å²) in [5.41, 5.74) is 0. The Bertz CT molecular complexity index is 19.0. The van der Waals surface area contributed by atoms with Crippen molar-refractivity contribution in [3.63, 3.8) is 0 Å². The zero-order valence-corrected chi connectivity index (χ0v) is 8.56. The molecular formula is C6H14CaO2. The molecule has 0 aliphatic heterocycles. The van der Waals surface area contributed by atoms with E-state index in [-0.39, 0.29) is 51.0 Å². The summed E-state index contributed by atoms with van der Waals surface area (Å²) < 4.78 is 0. The molecule has 0 fully saturated rings. The van der Waals surface area contributed by atoms with Crippen LogP contribution in [-0.4, -0.2) is 51.0 Å². The van der Waals surface area contributed by atoms with Crippen molar-refractivity contribution in [2.24, 2.45) is 0 Å². The van der Waals surface area contributed by atoms with Gasteiger partial charge in [0.1, 0.15) is 0 Å². The van der Waals surface area contributed by atoms with Crippen LogP contribution in [0.3, 0.4) is 0 Å². The van der Waals surface area contributed by atoms with E-state index in [1.165, 1.54) is 0 Å². The van der Waals surface area contributed by atoms with Crippen LogP contribution in [0.1, 0.15) is 26.7 Å². The van der Waals surface area contributed by atoms with Crippen LogP contribution in [-0.2, 0) is 0 Å². The average Bonchev–Trinajstić information content (AvgIpc) is 1.88. The fourth-order valence-electron chi connectivity index (χ4n) is 0. The van der Waals surface area contributed by atoms with E-state index in [0.29, 0.717) is 0 Å². The molecule has 0 spiro atoms. The van der Waals surface area contributed by atoms with Crippen LogP contribution in [0, 0.1) is 0 Å². The summed E-state index contributed by atoms with van der Waals surface area (Å²) in [6.07, 6.45) is 1.53. The van der Waals surface area contributed by atoms with Gasteiger partial charge in [0.05, 0.1) is 0 Å². The van der Waals surface area contributed by atoms with E-state index in [4.69, 9.17) is 0 Å². The van der Waals surface area contributed by atoms with Gasteiger partial charge in [0.2, 0.25) is 0 Å². The molecule has 0 rings (SSSR count). The predicted octanol–water partition coefficient (Wildman–Crippen LogP) is -0.867. The third kappa shape index (κ3) is 46.8. The first kappa shape index (κ1) is 16.6. The van der Waals surface area contributed by atoms with Gasteiger partial charge in [-0.2, -0.15) is 0 Å². The van der Waals surface area contributed by atoms with E-state index >= 15 is 0 Å². The Morgan fingerprint density at radius 1 is 0.889 bits per heavy atom. The first-order valence-corrected chi connectivity index (χ1v) is 2.99. The largest absolute Gasteiger partial charge is 2.00 e. The van der Waals surface area contributed by atoms with Gasteiger partial charge in [-0.05, 0) is 0 Å². The Labute approximate surface area is 87.3 Å². The summed E-state index contributed by atoms with van der Waals surface area (Å²) in [7, 11) is 0. The fourth-order valence-corrected chi connectivity index (χ4v) is 0. The maximum Gasteiger partial charge on any atom is 2.00 e. The van der Waals surface area contributed by atoms with E-state index in [2.05, 4.69) is 0 Å². The molecule has 0 amide bonds. The van der Waals surface area contributed by atoms with Crippen molar-refractivity contribution in [1.82, 2.24) is 0 Å². The zero-order valence-electron chi connectivity index (χ0n) is 6.35. The van der Waals surface area contributed by atoms with E-state index in [1.807, 2.05) is 13.8 Å². The topological polar surface area (TPSA) is 46.1 Å². The fraction of sp³-hybridized carbons (Fsp3) is 1.00. The quantitative estimate of drug-likeness (QED) is 0.491. The molecule has 0 atom stereocenters. The molecule has 0 N–H and O–H groups in total. The first-order valence-electron chi connectivity index (χ1n) is 2.99. The minimum absolute atomic E-state index is 0. The molecule has 3 heteroatoms. The second-order valence-corrected chi connectivity index (χ2v) is 1.41. The molecule has 0 aromatic rings. The summed E-state index contributed by atoms with van der Waals surface area (Å²) in [4.78, 5) is 0. The van der Waals surface area contributed by atoms with Gasteiger partial charge >= 0.3 is 37.7 Å². The van der Waals surface area contributed by atoms with Crippen molar-refractivity contribution < 1.29 is 10.2 Å². The number of rotatable bonds is 2. The Morgan fingerprint density at radius 3 is 1.00 bits per heavy atom. The molecule has 0 aliphatic carbocycles. The van der Waals surface area contributed by atoms with Crippen LogP contribution in [0.5, 0.6) is 0 Å². The Hall–Kier alpha value is 1.18. The van der Waals surface area contributed by atoms with Crippen LogP contribution >= 0.6 is 0 Å². The third-order valence-electron chi connectivity index (χ3n) is 0.408. The molecule has 0 saturated carbocycles. The molecule has 0 aliphatic rings. The van der Waals surface area contributed by atoms with Crippen molar-refractivity contribution in [2.45, 2.75) is 26.7 Å². The smallest absolute Gasteiger partial charge is 0.854 e. The predicted molar refractivity (Wildman–Crippen MR) is 36.1 cm³/mol. The van der Waals surface area contributed by atoms with Gasteiger partial charge in [-0.3, -0.25) is 0 Å². The Morgan fingerprint density at radius 2 is 1.00 bits per heavy atom. The van der Waals surface area contributed by atoms with Gasteiger partial charge in [0.15, 0.2) is 0 Å². The van der Waals surface area contributed by atoms with Gasteiger partial charge in [0.25, 0.3) is 0 Å². The van der Waals surface area contributed by atoms with Gasteiger partial charge in [-0.25, -0.2) is 0 Å². The van der Waals surface area contributed by atoms with Gasteiger partial charge in [0, 0.05) is 0 Å². The van der Waals surface area contributed by atoms with E-state index in [0.717, 1.165) is 12.8 Å². The summed E-state index contributed by atoms with van der Waals surface area (Å²) in [6, 6.07) is 0. The van der Waals surface area contributed by atoms with Crippen molar-refractivity contribution in [3.05, 3.63) is 0 Å². The van der Waals surface area contributed by atoms with Crippen LogP contribution in [0.25, 0.3) is 0 Å². The molecule has 52 valence electrons. The van der Waals surface area contributed by atoms with E-state index < -0.39 is 0 Å². The molecule has 0 unspecified atom stereocenters. The Kier molecular flexibility index (Phi) is 42.3. The Balaban J connectivity index is -0.0000000720. The van der Waals surface area contributed by atoms with E-state index in [1.54, 1.807) is 0 Å². The second-order valence-electron chi connectivity index (χ2n) is 1.41. The summed E-state index contributed by atoms with van der Waals surface area (Å²) in [5.74, 6) is 0. The maximum atomic E-state index is 9.30. The normalized spacial score (nSPS) is 6.67.